The van der Waals surface area contributed by atoms with Gasteiger partial charge in [0, 0.05) is 27.1 Å². The summed E-state index contributed by atoms with van der Waals surface area (Å²) in [7, 11) is 2.92. The standard InChI is InChI=1S/C10H14N4O4/c1-12-8-7(9(17)13(2)10(12)18)14(5-11-8)4-3-6(15)16/h5-6,15-16H,3-4H2,1-2H3. The number of hydrogen-bond acceptors (Lipinski definition) is 5. The van der Waals surface area contributed by atoms with Gasteiger partial charge in [-0.1, -0.05) is 0 Å². The van der Waals surface area contributed by atoms with Gasteiger partial charge < -0.3 is 14.8 Å². The lowest BCUT2D eigenvalue weighted by Gasteiger charge is -2.07. The highest BCUT2D eigenvalue weighted by atomic mass is 16.5. The van der Waals surface area contributed by atoms with E-state index in [9.17, 15) is 9.59 Å². The molecule has 2 rings (SSSR count). The minimum absolute atomic E-state index is 0.0808. The molecule has 2 aromatic rings. The SMILES string of the molecule is Cn1c(=O)c2c(ncn2CCC(O)O)n(C)c1=O. The highest BCUT2D eigenvalue weighted by molar-refractivity contribution is 5.69. The van der Waals surface area contributed by atoms with Crippen molar-refractivity contribution in [2.24, 2.45) is 14.1 Å². The van der Waals surface area contributed by atoms with Crippen LogP contribution < -0.4 is 11.2 Å². The summed E-state index contributed by atoms with van der Waals surface area (Å²) in [5, 5.41) is 17.7. The molecule has 0 saturated carbocycles. The highest BCUT2D eigenvalue weighted by Crippen LogP contribution is 2.06. The van der Waals surface area contributed by atoms with Gasteiger partial charge in [0.2, 0.25) is 0 Å². The van der Waals surface area contributed by atoms with Gasteiger partial charge >= 0.3 is 5.69 Å². The molecule has 0 aliphatic heterocycles. The predicted molar refractivity (Wildman–Crippen MR) is 63.1 cm³/mol. The summed E-state index contributed by atoms with van der Waals surface area (Å²) >= 11 is 0. The summed E-state index contributed by atoms with van der Waals surface area (Å²) in [4.78, 5) is 27.7. The summed E-state index contributed by atoms with van der Waals surface area (Å²) in [6.45, 7) is 0.238. The summed E-state index contributed by atoms with van der Waals surface area (Å²) in [6.07, 6.45) is 0.0459. The van der Waals surface area contributed by atoms with Gasteiger partial charge in [0.05, 0.1) is 6.33 Å². The third kappa shape index (κ3) is 1.85. The molecule has 0 aromatic carbocycles. The van der Waals surface area contributed by atoms with Gasteiger partial charge in [-0.15, -0.1) is 0 Å². The number of rotatable bonds is 3. The van der Waals surface area contributed by atoms with Crippen LogP contribution in [-0.2, 0) is 20.6 Å². The zero-order valence-corrected chi connectivity index (χ0v) is 10.1. The first-order chi connectivity index (χ1) is 8.43. The molecule has 2 heterocycles. The van der Waals surface area contributed by atoms with Gasteiger partial charge in [-0.2, -0.15) is 0 Å². The maximum atomic E-state index is 12.0. The van der Waals surface area contributed by atoms with Crippen molar-refractivity contribution in [3.63, 3.8) is 0 Å². The fourth-order valence-corrected chi connectivity index (χ4v) is 1.82. The number of aliphatic hydroxyl groups is 2. The Morgan fingerprint density at radius 1 is 1.28 bits per heavy atom. The van der Waals surface area contributed by atoms with Crippen molar-refractivity contribution < 1.29 is 10.2 Å². The number of imidazole rings is 1. The van der Waals surface area contributed by atoms with Crippen molar-refractivity contribution in [3.8, 4) is 0 Å². The maximum Gasteiger partial charge on any atom is 0.332 e. The number of aliphatic hydroxyl groups excluding tert-OH is 1. The van der Waals surface area contributed by atoms with Crippen molar-refractivity contribution >= 4 is 11.2 Å². The summed E-state index contributed by atoms with van der Waals surface area (Å²) < 4.78 is 3.79. The normalized spacial score (nSPS) is 11.6. The Hall–Kier alpha value is -1.93. The van der Waals surface area contributed by atoms with E-state index in [0.717, 1.165) is 4.57 Å². The maximum absolute atomic E-state index is 12.0. The Bertz CT molecular complexity index is 694. The molecule has 8 heteroatoms. The second-order valence-electron chi connectivity index (χ2n) is 4.09. The Labute approximate surface area is 101 Å². The monoisotopic (exact) mass is 254 g/mol. The quantitative estimate of drug-likeness (QED) is 0.625. The van der Waals surface area contributed by atoms with Crippen molar-refractivity contribution in [2.75, 3.05) is 0 Å². The van der Waals surface area contributed by atoms with E-state index in [1.807, 2.05) is 0 Å². The van der Waals surface area contributed by atoms with Crippen LogP contribution in [0.5, 0.6) is 0 Å². The fourth-order valence-electron chi connectivity index (χ4n) is 1.82. The number of nitrogens with zero attached hydrogens (tertiary/aromatic N) is 4. The zero-order valence-electron chi connectivity index (χ0n) is 10.1. The molecule has 0 radical (unpaired) electrons. The van der Waals surface area contributed by atoms with E-state index in [1.54, 1.807) is 0 Å². The summed E-state index contributed by atoms with van der Waals surface area (Å²) in [5.74, 6) is 0. The fraction of sp³-hybridized carbons (Fsp3) is 0.500. The van der Waals surface area contributed by atoms with E-state index in [0.29, 0.717) is 0 Å². The van der Waals surface area contributed by atoms with Crippen molar-refractivity contribution in [2.45, 2.75) is 19.3 Å². The number of hydrogen-bond donors (Lipinski definition) is 2. The van der Waals surface area contributed by atoms with Crippen LogP contribution in [0.1, 0.15) is 6.42 Å². The van der Waals surface area contributed by atoms with E-state index < -0.39 is 17.5 Å². The molecular formula is C10H14N4O4. The van der Waals surface area contributed by atoms with Crippen molar-refractivity contribution in [1.82, 2.24) is 18.7 Å². The highest BCUT2D eigenvalue weighted by Gasteiger charge is 2.14. The van der Waals surface area contributed by atoms with E-state index in [-0.39, 0.29) is 24.1 Å². The second-order valence-corrected chi connectivity index (χ2v) is 4.09. The van der Waals surface area contributed by atoms with Gasteiger partial charge in [0.1, 0.15) is 0 Å². The molecular weight excluding hydrogens is 240 g/mol. The summed E-state index contributed by atoms with van der Waals surface area (Å²) in [5.41, 5.74) is -0.325. The molecule has 8 nitrogen and oxygen atoms in total. The largest absolute Gasteiger partial charge is 0.368 e. The molecule has 0 atom stereocenters. The zero-order chi connectivity index (χ0) is 13.4. The Morgan fingerprint density at radius 3 is 2.56 bits per heavy atom. The Morgan fingerprint density at radius 2 is 1.94 bits per heavy atom. The topological polar surface area (TPSA) is 102 Å². The summed E-state index contributed by atoms with van der Waals surface area (Å²) in [6, 6.07) is 0. The van der Waals surface area contributed by atoms with Crippen LogP contribution >= 0.6 is 0 Å². The average Bonchev–Trinajstić information content (AvgIpc) is 2.75. The second kappa shape index (κ2) is 4.39. The molecule has 0 fully saturated rings. The van der Waals surface area contributed by atoms with Crippen LogP contribution in [0.4, 0.5) is 0 Å². The molecule has 0 unspecified atom stereocenters. The van der Waals surface area contributed by atoms with Gasteiger partial charge in [0.25, 0.3) is 5.56 Å². The minimum Gasteiger partial charge on any atom is -0.368 e. The lowest BCUT2D eigenvalue weighted by molar-refractivity contribution is -0.0475. The van der Waals surface area contributed by atoms with Crippen LogP contribution in [0.3, 0.4) is 0 Å². The number of aromatic nitrogens is 4. The molecule has 98 valence electrons. The third-order valence-electron chi connectivity index (χ3n) is 2.85. The van der Waals surface area contributed by atoms with Crippen LogP contribution in [0, 0.1) is 0 Å². The molecule has 0 spiro atoms. The van der Waals surface area contributed by atoms with E-state index in [2.05, 4.69) is 4.98 Å². The van der Waals surface area contributed by atoms with Crippen LogP contribution in [0.25, 0.3) is 11.2 Å². The van der Waals surface area contributed by atoms with Gasteiger partial charge in [-0.25, -0.2) is 9.78 Å². The van der Waals surface area contributed by atoms with E-state index in [1.165, 1.54) is 29.6 Å². The Kier molecular flexibility index (Phi) is 3.05. The van der Waals surface area contributed by atoms with Crippen LogP contribution in [-0.4, -0.2) is 35.2 Å². The minimum atomic E-state index is -1.45. The van der Waals surface area contributed by atoms with Gasteiger partial charge in [-0.05, 0) is 0 Å². The first-order valence-electron chi connectivity index (χ1n) is 5.40. The van der Waals surface area contributed by atoms with E-state index in [4.69, 9.17) is 10.2 Å². The smallest absolute Gasteiger partial charge is 0.332 e. The first kappa shape index (κ1) is 12.5. The lowest BCUT2D eigenvalue weighted by Crippen LogP contribution is -2.37. The number of aryl methyl sites for hydroxylation is 2. The molecule has 0 aliphatic carbocycles. The van der Waals surface area contributed by atoms with Crippen molar-refractivity contribution in [1.29, 1.82) is 0 Å². The van der Waals surface area contributed by atoms with Gasteiger partial charge in [-0.3, -0.25) is 13.9 Å². The lowest BCUT2D eigenvalue weighted by atomic mass is 10.4. The molecule has 0 saturated heterocycles. The van der Waals surface area contributed by atoms with Crippen molar-refractivity contribution in [3.05, 3.63) is 27.2 Å². The molecule has 0 bridgehead atoms. The van der Waals surface area contributed by atoms with Crippen LogP contribution in [0.15, 0.2) is 15.9 Å². The Balaban J connectivity index is 2.66. The predicted octanol–water partition coefficient (Wildman–Crippen LogP) is -1.87. The molecule has 0 aliphatic rings. The third-order valence-corrected chi connectivity index (χ3v) is 2.85. The van der Waals surface area contributed by atoms with Crippen LogP contribution in [0.2, 0.25) is 0 Å². The molecule has 2 aromatic heterocycles. The first-order valence-corrected chi connectivity index (χ1v) is 5.40. The number of fused-ring (bicyclic) bond motifs is 1. The average molecular weight is 254 g/mol. The molecule has 2 N–H and O–H groups in total. The van der Waals surface area contributed by atoms with E-state index >= 15 is 0 Å². The molecule has 18 heavy (non-hydrogen) atoms. The van der Waals surface area contributed by atoms with Gasteiger partial charge in [0.15, 0.2) is 17.5 Å². The molecule has 0 amide bonds.